The van der Waals surface area contributed by atoms with Crippen LogP contribution in [0.3, 0.4) is 0 Å². The third kappa shape index (κ3) is 12.7. The topological polar surface area (TPSA) is 0 Å². The lowest BCUT2D eigenvalue weighted by molar-refractivity contribution is 0.587. The Balaban J connectivity index is 2.97. The quantitative estimate of drug-likeness (QED) is 0.171. The van der Waals surface area contributed by atoms with E-state index in [9.17, 15) is 0 Å². The summed E-state index contributed by atoms with van der Waals surface area (Å²) in [5, 5.41) is 0. The van der Waals surface area contributed by atoms with Crippen LogP contribution in [0.5, 0.6) is 0 Å². The molecule has 0 nitrogen and oxygen atoms in total. The number of hydrogen-bond acceptors (Lipinski definition) is 0. The van der Waals surface area contributed by atoms with Gasteiger partial charge in [-0.2, -0.15) is 0 Å². The summed E-state index contributed by atoms with van der Waals surface area (Å²) in [4.78, 5) is 0. The number of unbranched alkanes of at least 4 members (excludes halogenated alkanes) is 12. The molecule has 1 aromatic rings. The molecule has 0 bridgehead atoms. The first-order valence-corrected chi connectivity index (χ1v) is 14.2. The van der Waals surface area contributed by atoms with Gasteiger partial charge in [-0.15, -0.1) is 0 Å². The third-order valence-corrected chi connectivity index (χ3v) is 6.90. The summed E-state index contributed by atoms with van der Waals surface area (Å²) in [6, 6.07) is 7.31. The van der Waals surface area contributed by atoms with E-state index < -0.39 is 0 Å². The number of aryl methyl sites for hydroxylation is 1. The highest BCUT2D eigenvalue weighted by Gasteiger charge is 2.18. The Bertz CT molecular complexity index is 503. The Morgan fingerprint density at radius 3 is 1.52 bits per heavy atom. The van der Waals surface area contributed by atoms with Crippen molar-refractivity contribution in [2.45, 2.75) is 156 Å². The Labute approximate surface area is 197 Å². The van der Waals surface area contributed by atoms with E-state index >= 15 is 0 Å². The molecule has 1 aromatic carbocycles. The molecule has 1 radical (unpaired) electrons. The van der Waals surface area contributed by atoms with E-state index in [0.717, 1.165) is 0 Å². The van der Waals surface area contributed by atoms with Crippen LogP contribution in [0, 0.1) is 5.92 Å². The zero-order chi connectivity index (χ0) is 22.6. The summed E-state index contributed by atoms with van der Waals surface area (Å²) in [5.41, 5.74) is 5.07. The van der Waals surface area contributed by atoms with Gasteiger partial charge >= 0.3 is 0 Å². The highest BCUT2D eigenvalue weighted by molar-refractivity contribution is 5.44. The molecule has 0 heteroatoms. The van der Waals surface area contributed by atoms with E-state index in [-0.39, 0.29) is 0 Å². The normalized spacial score (nSPS) is 11.5. The highest BCUT2D eigenvalue weighted by Crippen LogP contribution is 2.33. The van der Waals surface area contributed by atoms with Crippen LogP contribution in [0.25, 0.3) is 0 Å². The van der Waals surface area contributed by atoms with Crippen molar-refractivity contribution in [3.05, 3.63) is 40.8 Å². The molecule has 0 aliphatic rings. The molecule has 0 fully saturated rings. The predicted molar refractivity (Wildman–Crippen MR) is 142 cm³/mol. The van der Waals surface area contributed by atoms with Crippen LogP contribution >= 0.6 is 0 Å². The van der Waals surface area contributed by atoms with Crippen molar-refractivity contribution in [3.8, 4) is 0 Å². The Hall–Kier alpha value is -0.780. The zero-order valence-electron chi connectivity index (χ0n) is 21.9. The van der Waals surface area contributed by atoms with Crippen molar-refractivity contribution in [2.75, 3.05) is 0 Å². The minimum atomic E-state index is 1.29. The summed E-state index contributed by atoms with van der Waals surface area (Å²) in [6.45, 7) is 9.29. The van der Waals surface area contributed by atoms with Crippen LogP contribution in [0.4, 0.5) is 0 Å². The van der Waals surface area contributed by atoms with E-state index in [4.69, 9.17) is 0 Å². The molecule has 1 rings (SSSR count). The number of rotatable bonds is 21. The molecule has 0 N–H and O–H groups in total. The maximum atomic E-state index is 2.49. The first kappa shape index (κ1) is 28.3. The van der Waals surface area contributed by atoms with Crippen LogP contribution in [-0.2, 0) is 12.8 Å². The minimum absolute atomic E-state index is 1.29. The van der Waals surface area contributed by atoms with Crippen molar-refractivity contribution < 1.29 is 0 Å². The average Bonchev–Trinajstić information content (AvgIpc) is 2.79. The molecule has 0 unspecified atom stereocenters. The number of hydrogen-bond donors (Lipinski definition) is 0. The maximum absolute atomic E-state index is 2.49. The second-order valence-electron chi connectivity index (χ2n) is 9.79. The van der Waals surface area contributed by atoms with E-state index in [2.05, 4.69) is 45.9 Å². The highest BCUT2D eigenvalue weighted by atomic mass is 14.2. The van der Waals surface area contributed by atoms with Crippen LogP contribution in [-0.4, -0.2) is 0 Å². The molecule has 0 atom stereocenters. The monoisotopic (exact) mass is 427 g/mol. The van der Waals surface area contributed by atoms with Gasteiger partial charge in [-0.25, -0.2) is 0 Å². The van der Waals surface area contributed by atoms with Crippen LogP contribution in [0.1, 0.15) is 160 Å². The molecule has 0 aliphatic carbocycles. The largest absolute Gasteiger partial charge is 0.0654 e. The smallest absolute Gasteiger partial charge is 0.00527 e. The standard InChI is InChI=1S/C31H55/c1-5-9-13-17-22-28(23-18-14-10-6-2)31-27-21-25-29(24-19-15-11-7-3)30(31)26-20-16-12-8-4/h21,25,27H,5-20,22-24,26H2,1-4H3. The van der Waals surface area contributed by atoms with Gasteiger partial charge in [0.25, 0.3) is 0 Å². The van der Waals surface area contributed by atoms with E-state index in [1.807, 2.05) is 0 Å². The average molecular weight is 428 g/mol. The molecule has 0 saturated heterocycles. The molecule has 0 aliphatic heterocycles. The lowest BCUT2D eigenvalue weighted by atomic mass is 9.82. The molecule has 31 heavy (non-hydrogen) atoms. The van der Waals surface area contributed by atoms with Crippen LogP contribution in [0.15, 0.2) is 18.2 Å². The van der Waals surface area contributed by atoms with Crippen LogP contribution < -0.4 is 0 Å². The van der Waals surface area contributed by atoms with Gasteiger partial charge in [0, 0.05) is 5.92 Å². The minimum Gasteiger partial charge on any atom is -0.0654 e. The van der Waals surface area contributed by atoms with Crippen molar-refractivity contribution in [3.63, 3.8) is 0 Å². The Morgan fingerprint density at radius 2 is 1.00 bits per heavy atom. The first-order valence-electron chi connectivity index (χ1n) is 14.2. The van der Waals surface area contributed by atoms with Gasteiger partial charge in [-0.05, 0) is 55.2 Å². The second-order valence-corrected chi connectivity index (χ2v) is 9.79. The fourth-order valence-corrected chi connectivity index (χ4v) is 4.89. The van der Waals surface area contributed by atoms with Crippen molar-refractivity contribution in [1.82, 2.24) is 0 Å². The van der Waals surface area contributed by atoms with Crippen molar-refractivity contribution >= 4 is 0 Å². The van der Waals surface area contributed by atoms with E-state index in [1.54, 1.807) is 22.6 Å². The van der Waals surface area contributed by atoms with Gasteiger partial charge in [0.2, 0.25) is 0 Å². The fraction of sp³-hybridized carbons (Fsp3) is 0.774. The molecule has 179 valence electrons. The lowest BCUT2D eigenvalue weighted by Gasteiger charge is -2.23. The molecular formula is C31H55. The van der Waals surface area contributed by atoms with Gasteiger partial charge in [-0.3, -0.25) is 0 Å². The summed E-state index contributed by atoms with van der Waals surface area (Å²) < 4.78 is 0. The van der Waals surface area contributed by atoms with Gasteiger partial charge < -0.3 is 0 Å². The molecule has 0 saturated carbocycles. The predicted octanol–water partition coefficient (Wildman–Crippen LogP) is 10.8. The van der Waals surface area contributed by atoms with Gasteiger partial charge in [0.05, 0.1) is 0 Å². The Kier molecular flexibility index (Phi) is 18.1. The van der Waals surface area contributed by atoms with E-state index in [0.29, 0.717) is 0 Å². The molecular weight excluding hydrogens is 372 g/mol. The Morgan fingerprint density at radius 1 is 0.516 bits per heavy atom. The zero-order valence-corrected chi connectivity index (χ0v) is 21.9. The fourth-order valence-electron chi connectivity index (χ4n) is 4.89. The van der Waals surface area contributed by atoms with Gasteiger partial charge in [-0.1, -0.05) is 136 Å². The van der Waals surface area contributed by atoms with Gasteiger partial charge in [0.15, 0.2) is 0 Å². The SMILES string of the molecule is CCCCCC[C](CCCCCC)c1cccc(CCCCCC)c1CCCCCC. The maximum Gasteiger partial charge on any atom is 0.00527 e. The van der Waals surface area contributed by atoms with E-state index in [1.165, 1.54) is 128 Å². The first-order chi connectivity index (χ1) is 15.3. The lowest BCUT2D eigenvalue weighted by Crippen LogP contribution is -2.08. The molecule has 0 heterocycles. The summed E-state index contributed by atoms with van der Waals surface area (Å²) >= 11 is 0. The van der Waals surface area contributed by atoms with Crippen LogP contribution in [0.2, 0.25) is 0 Å². The summed E-state index contributed by atoms with van der Waals surface area (Å²) in [6.07, 6.45) is 27.2. The third-order valence-electron chi connectivity index (χ3n) is 6.90. The second kappa shape index (κ2) is 19.9. The van der Waals surface area contributed by atoms with Crippen molar-refractivity contribution in [2.24, 2.45) is 0 Å². The van der Waals surface area contributed by atoms with Gasteiger partial charge in [0.1, 0.15) is 0 Å². The molecule has 0 aromatic heterocycles. The molecule has 0 amide bonds. The number of benzene rings is 1. The summed E-state index contributed by atoms with van der Waals surface area (Å²) in [5.74, 6) is 1.79. The molecule has 0 spiro atoms. The van der Waals surface area contributed by atoms with Crippen molar-refractivity contribution in [1.29, 1.82) is 0 Å². The summed E-state index contributed by atoms with van der Waals surface area (Å²) in [7, 11) is 0.